The molecule has 3 rings (SSSR count). The van der Waals surface area contributed by atoms with Crippen LogP contribution in [0.5, 0.6) is 0 Å². The monoisotopic (exact) mass is 321 g/mol. The van der Waals surface area contributed by atoms with Crippen LogP contribution in [-0.4, -0.2) is 22.0 Å². The third-order valence-corrected chi connectivity index (χ3v) is 4.10. The van der Waals surface area contributed by atoms with Crippen LogP contribution in [0.15, 0.2) is 54.6 Å². The predicted octanol–water partition coefficient (Wildman–Crippen LogP) is 4.01. The number of nitrogens with one attached hydrogen (secondary N) is 1. The molecule has 24 heavy (non-hydrogen) atoms. The van der Waals surface area contributed by atoms with Gasteiger partial charge in [-0.1, -0.05) is 55.8 Å². The molecule has 1 heterocycles. The Bertz CT molecular complexity index is 808. The molecule has 4 heteroatoms. The average Bonchev–Trinajstić information content (AvgIpc) is 2.99. The summed E-state index contributed by atoms with van der Waals surface area (Å²) < 4.78 is 2.19. The van der Waals surface area contributed by atoms with Crippen LogP contribution in [-0.2, 0) is 11.3 Å². The largest absolute Gasteiger partial charge is 0.354 e. The topological polar surface area (TPSA) is 46.9 Å². The molecule has 0 aliphatic heterocycles. The van der Waals surface area contributed by atoms with E-state index in [4.69, 9.17) is 4.98 Å². The molecule has 2 aromatic carbocycles. The zero-order valence-electron chi connectivity index (χ0n) is 14.0. The van der Waals surface area contributed by atoms with Crippen LogP contribution in [0.2, 0.25) is 0 Å². The van der Waals surface area contributed by atoms with Gasteiger partial charge in [0.25, 0.3) is 0 Å². The molecule has 0 aliphatic rings. The molecule has 1 N–H and O–H groups in total. The van der Waals surface area contributed by atoms with E-state index in [0.717, 1.165) is 35.3 Å². The van der Waals surface area contributed by atoms with E-state index in [-0.39, 0.29) is 5.91 Å². The van der Waals surface area contributed by atoms with E-state index >= 15 is 0 Å². The number of nitrogens with zero attached hydrogens (tertiary/aromatic N) is 2. The fraction of sp³-hybridized carbons (Fsp3) is 0.300. The molecule has 0 radical (unpaired) electrons. The van der Waals surface area contributed by atoms with Gasteiger partial charge in [-0.05, 0) is 18.6 Å². The molecule has 0 spiro atoms. The molecule has 124 valence electrons. The number of unbranched alkanes of at least 4 members (excludes halogenated alkanes) is 1. The van der Waals surface area contributed by atoms with Crippen LogP contribution in [0, 0.1) is 0 Å². The summed E-state index contributed by atoms with van der Waals surface area (Å²) in [5.41, 5.74) is 3.17. The zero-order chi connectivity index (χ0) is 16.8. The van der Waals surface area contributed by atoms with Gasteiger partial charge in [0.15, 0.2) is 0 Å². The number of carbonyl (C=O) groups is 1. The lowest BCUT2D eigenvalue weighted by Crippen LogP contribution is -2.27. The van der Waals surface area contributed by atoms with Gasteiger partial charge < -0.3 is 9.88 Å². The fourth-order valence-corrected chi connectivity index (χ4v) is 2.84. The third kappa shape index (κ3) is 3.65. The van der Waals surface area contributed by atoms with Gasteiger partial charge in [0.1, 0.15) is 5.82 Å². The summed E-state index contributed by atoms with van der Waals surface area (Å²) in [4.78, 5) is 16.6. The first kappa shape index (κ1) is 16.2. The molecule has 1 aromatic heterocycles. The fourth-order valence-electron chi connectivity index (χ4n) is 2.84. The molecule has 0 saturated carbocycles. The summed E-state index contributed by atoms with van der Waals surface area (Å²) in [6.45, 7) is 3.42. The number of carbonyl (C=O) groups excluding carboxylic acids is 1. The quantitative estimate of drug-likeness (QED) is 0.715. The number of para-hydroxylation sites is 2. The van der Waals surface area contributed by atoms with Crippen molar-refractivity contribution in [3.05, 3.63) is 54.6 Å². The predicted molar refractivity (Wildman–Crippen MR) is 97.7 cm³/mol. The Labute approximate surface area is 142 Å². The van der Waals surface area contributed by atoms with Crippen molar-refractivity contribution in [2.24, 2.45) is 0 Å². The average molecular weight is 321 g/mol. The van der Waals surface area contributed by atoms with Crippen molar-refractivity contribution in [1.29, 1.82) is 0 Å². The van der Waals surface area contributed by atoms with Gasteiger partial charge in [0.05, 0.1) is 11.0 Å². The lowest BCUT2D eigenvalue weighted by atomic mass is 10.2. The molecular formula is C20H23N3O. The van der Waals surface area contributed by atoms with Gasteiger partial charge in [0.2, 0.25) is 5.91 Å². The van der Waals surface area contributed by atoms with Crippen molar-refractivity contribution in [3.63, 3.8) is 0 Å². The SMILES string of the molecule is CCCCC(=O)NCCn1c(-c2ccccc2)nc2ccccc21. The minimum absolute atomic E-state index is 0.127. The van der Waals surface area contributed by atoms with E-state index in [1.165, 1.54) is 0 Å². The second-order valence-electron chi connectivity index (χ2n) is 5.90. The number of hydrogen-bond donors (Lipinski definition) is 1. The number of rotatable bonds is 7. The number of fused-ring (bicyclic) bond motifs is 1. The van der Waals surface area contributed by atoms with Gasteiger partial charge in [-0.25, -0.2) is 4.98 Å². The van der Waals surface area contributed by atoms with E-state index in [1.54, 1.807) is 0 Å². The molecule has 4 nitrogen and oxygen atoms in total. The van der Waals surface area contributed by atoms with E-state index in [2.05, 4.69) is 35.0 Å². The van der Waals surface area contributed by atoms with Crippen LogP contribution in [0.4, 0.5) is 0 Å². The second-order valence-corrected chi connectivity index (χ2v) is 5.90. The minimum Gasteiger partial charge on any atom is -0.354 e. The Morgan fingerprint density at radius 1 is 1.08 bits per heavy atom. The maximum absolute atomic E-state index is 11.8. The van der Waals surface area contributed by atoms with Gasteiger partial charge in [-0.2, -0.15) is 0 Å². The molecule has 0 aliphatic carbocycles. The van der Waals surface area contributed by atoms with Gasteiger partial charge >= 0.3 is 0 Å². The number of amides is 1. The minimum atomic E-state index is 0.127. The van der Waals surface area contributed by atoms with Crippen molar-refractivity contribution in [2.45, 2.75) is 32.7 Å². The summed E-state index contributed by atoms with van der Waals surface area (Å²) in [7, 11) is 0. The first-order valence-corrected chi connectivity index (χ1v) is 8.57. The Morgan fingerprint density at radius 3 is 2.62 bits per heavy atom. The summed E-state index contributed by atoms with van der Waals surface area (Å²) >= 11 is 0. The highest BCUT2D eigenvalue weighted by atomic mass is 16.1. The molecule has 3 aromatic rings. The molecule has 0 atom stereocenters. The number of imidazole rings is 1. The third-order valence-electron chi connectivity index (χ3n) is 4.10. The van der Waals surface area contributed by atoms with E-state index in [0.29, 0.717) is 19.5 Å². The van der Waals surface area contributed by atoms with Gasteiger partial charge in [0, 0.05) is 25.1 Å². The molecule has 0 saturated heterocycles. The maximum atomic E-state index is 11.8. The number of benzene rings is 2. The van der Waals surface area contributed by atoms with Crippen LogP contribution in [0.3, 0.4) is 0 Å². The summed E-state index contributed by atoms with van der Waals surface area (Å²) in [6.07, 6.45) is 2.58. The molecular weight excluding hydrogens is 298 g/mol. The second kappa shape index (κ2) is 7.77. The van der Waals surface area contributed by atoms with Crippen molar-refractivity contribution in [2.75, 3.05) is 6.54 Å². The Morgan fingerprint density at radius 2 is 1.83 bits per heavy atom. The lowest BCUT2D eigenvalue weighted by Gasteiger charge is -2.10. The summed E-state index contributed by atoms with van der Waals surface area (Å²) in [5.74, 6) is 1.07. The van der Waals surface area contributed by atoms with Gasteiger partial charge in [-0.15, -0.1) is 0 Å². The molecule has 0 unspecified atom stereocenters. The summed E-state index contributed by atoms with van der Waals surface area (Å²) in [5, 5.41) is 3.01. The van der Waals surface area contributed by atoms with Crippen molar-refractivity contribution in [1.82, 2.24) is 14.9 Å². The molecule has 0 fully saturated rings. The highest BCUT2D eigenvalue weighted by Gasteiger charge is 2.12. The van der Waals surface area contributed by atoms with Crippen LogP contribution >= 0.6 is 0 Å². The highest BCUT2D eigenvalue weighted by molar-refractivity contribution is 5.80. The normalized spacial score (nSPS) is 10.9. The van der Waals surface area contributed by atoms with E-state index in [9.17, 15) is 4.79 Å². The van der Waals surface area contributed by atoms with E-state index < -0.39 is 0 Å². The smallest absolute Gasteiger partial charge is 0.220 e. The van der Waals surface area contributed by atoms with Crippen LogP contribution in [0.25, 0.3) is 22.4 Å². The van der Waals surface area contributed by atoms with Gasteiger partial charge in [-0.3, -0.25) is 4.79 Å². The number of hydrogen-bond acceptors (Lipinski definition) is 2. The molecule has 1 amide bonds. The van der Waals surface area contributed by atoms with Crippen molar-refractivity contribution in [3.8, 4) is 11.4 Å². The Balaban J connectivity index is 1.82. The standard InChI is InChI=1S/C20H23N3O/c1-2-3-13-19(24)21-14-15-23-18-12-8-7-11-17(18)22-20(23)16-9-5-4-6-10-16/h4-12H,2-3,13-15H2,1H3,(H,21,24). The Hall–Kier alpha value is -2.62. The summed E-state index contributed by atoms with van der Waals surface area (Å²) in [6, 6.07) is 18.3. The van der Waals surface area contributed by atoms with E-state index in [1.807, 2.05) is 36.4 Å². The number of aromatic nitrogens is 2. The first-order valence-electron chi connectivity index (χ1n) is 8.57. The van der Waals surface area contributed by atoms with Crippen LogP contribution in [0.1, 0.15) is 26.2 Å². The van der Waals surface area contributed by atoms with Crippen molar-refractivity contribution >= 4 is 16.9 Å². The van der Waals surface area contributed by atoms with Crippen LogP contribution < -0.4 is 5.32 Å². The Kier molecular flexibility index (Phi) is 5.26. The molecule has 0 bridgehead atoms. The lowest BCUT2D eigenvalue weighted by molar-refractivity contribution is -0.121. The first-order chi connectivity index (χ1) is 11.8. The maximum Gasteiger partial charge on any atom is 0.220 e. The highest BCUT2D eigenvalue weighted by Crippen LogP contribution is 2.24. The van der Waals surface area contributed by atoms with Crippen molar-refractivity contribution < 1.29 is 4.79 Å². The zero-order valence-corrected chi connectivity index (χ0v) is 14.0.